The number of carbonyl (C=O) groups is 1. The second-order valence-corrected chi connectivity index (χ2v) is 10.2. The number of hydrogen-bond acceptors (Lipinski definition) is 6. The molecule has 0 radical (unpaired) electrons. The van der Waals surface area contributed by atoms with Gasteiger partial charge in [0.2, 0.25) is 5.91 Å². The summed E-state index contributed by atoms with van der Waals surface area (Å²) in [5.41, 5.74) is 3.34. The molecule has 0 atom stereocenters. The smallest absolute Gasteiger partial charge is 0.266 e. The molecule has 0 bridgehead atoms. The van der Waals surface area contributed by atoms with Crippen molar-refractivity contribution in [3.8, 4) is 5.69 Å². The lowest BCUT2D eigenvalue weighted by Gasteiger charge is -2.40. The van der Waals surface area contributed by atoms with Gasteiger partial charge >= 0.3 is 0 Å². The van der Waals surface area contributed by atoms with Gasteiger partial charge in [-0.25, -0.2) is 4.98 Å². The Hall–Kier alpha value is -2.68. The second kappa shape index (κ2) is 10.3. The Bertz CT molecular complexity index is 1250. The summed E-state index contributed by atoms with van der Waals surface area (Å²) >= 11 is 1.28. The number of nitrogens with one attached hydrogen (secondary N) is 1. The summed E-state index contributed by atoms with van der Waals surface area (Å²) in [6.45, 7) is 12.0. The molecule has 1 N–H and O–H groups in total. The highest BCUT2D eigenvalue weighted by atomic mass is 32.2. The van der Waals surface area contributed by atoms with Gasteiger partial charge in [-0.1, -0.05) is 30.0 Å². The first kappa shape index (κ1) is 24.4. The largest absolute Gasteiger partial charge is 0.379 e. The molecule has 180 valence electrons. The van der Waals surface area contributed by atoms with Gasteiger partial charge in [0, 0.05) is 25.2 Å². The third kappa shape index (κ3) is 5.35. The zero-order valence-electron chi connectivity index (χ0n) is 20.3. The molecule has 0 aliphatic carbocycles. The minimum absolute atomic E-state index is 0.0830. The van der Waals surface area contributed by atoms with Gasteiger partial charge in [0.25, 0.3) is 5.56 Å². The molecule has 1 aromatic heterocycles. The molecule has 1 saturated heterocycles. The van der Waals surface area contributed by atoms with E-state index >= 15 is 0 Å². The minimum atomic E-state index is -0.160. The van der Waals surface area contributed by atoms with Crippen molar-refractivity contribution >= 4 is 28.6 Å². The molecule has 8 heteroatoms. The van der Waals surface area contributed by atoms with Crippen molar-refractivity contribution in [2.75, 3.05) is 38.6 Å². The first-order valence-electron chi connectivity index (χ1n) is 11.6. The number of nitrogens with zero attached hydrogens (tertiary/aromatic N) is 3. The van der Waals surface area contributed by atoms with Crippen LogP contribution in [0.5, 0.6) is 0 Å². The van der Waals surface area contributed by atoms with Gasteiger partial charge in [-0.3, -0.25) is 19.1 Å². The van der Waals surface area contributed by atoms with Crippen LogP contribution in [-0.2, 0) is 9.53 Å². The van der Waals surface area contributed by atoms with Crippen LogP contribution in [0.4, 0.5) is 0 Å². The summed E-state index contributed by atoms with van der Waals surface area (Å²) in [5.74, 6) is 0.0924. The van der Waals surface area contributed by atoms with Crippen molar-refractivity contribution in [1.82, 2.24) is 19.8 Å². The molecule has 2 aromatic carbocycles. The van der Waals surface area contributed by atoms with Gasteiger partial charge in [-0.15, -0.1) is 0 Å². The second-order valence-electron chi connectivity index (χ2n) is 9.30. The molecular weight excluding hydrogens is 448 g/mol. The van der Waals surface area contributed by atoms with E-state index in [4.69, 9.17) is 9.72 Å². The molecule has 1 aliphatic rings. The highest BCUT2D eigenvalue weighted by Gasteiger charge is 2.28. The monoisotopic (exact) mass is 480 g/mol. The van der Waals surface area contributed by atoms with Crippen molar-refractivity contribution in [3.63, 3.8) is 0 Å². The fraction of sp³-hybridized carbons (Fsp3) is 0.423. The number of ether oxygens (including phenoxy) is 1. The predicted molar refractivity (Wildman–Crippen MR) is 137 cm³/mol. The third-order valence-electron chi connectivity index (χ3n) is 6.41. The summed E-state index contributed by atoms with van der Waals surface area (Å²) in [4.78, 5) is 33.2. The molecule has 1 aliphatic heterocycles. The summed E-state index contributed by atoms with van der Waals surface area (Å²) in [6, 6.07) is 13.2. The number of hydrogen-bond donors (Lipinski definition) is 1. The highest BCUT2D eigenvalue weighted by molar-refractivity contribution is 7.99. The molecule has 34 heavy (non-hydrogen) atoms. The first-order valence-corrected chi connectivity index (χ1v) is 12.6. The molecule has 0 saturated carbocycles. The maximum Gasteiger partial charge on any atom is 0.266 e. The zero-order valence-corrected chi connectivity index (χ0v) is 21.1. The van der Waals surface area contributed by atoms with Crippen LogP contribution in [-0.4, -0.2) is 64.5 Å². The van der Waals surface area contributed by atoms with E-state index in [1.807, 2.05) is 50.2 Å². The van der Waals surface area contributed by atoms with Gasteiger partial charge in [-0.2, -0.15) is 0 Å². The number of thioether (sulfide) groups is 1. The van der Waals surface area contributed by atoms with Crippen molar-refractivity contribution in [2.24, 2.45) is 0 Å². The van der Waals surface area contributed by atoms with E-state index in [0.29, 0.717) is 22.6 Å². The first-order chi connectivity index (χ1) is 16.3. The standard InChI is InChI=1S/C26H32N4O3S/c1-18-9-10-20(15-19(18)2)30-24(32)21-7-5-6-8-22(21)28-25(30)34-16-23(31)27-17-26(3,4)29-11-13-33-14-12-29/h5-10,15H,11-14,16-17H2,1-4H3,(H,27,31). The molecule has 0 unspecified atom stereocenters. The van der Waals surface area contributed by atoms with Gasteiger partial charge in [0.05, 0.1) is 35.6 Å². The van der Waals surface area contributed by atoms with Crippen LogP contribution >= 0.6 is 11.8 Å². The molecule has 1 amide bonds. The Morgan fingerprint density at radius 1 is 1.12 bits per heavy atom. The molecular formula is C26H32N4O3S. The van der Waals surface area contributed by atoms with E-state index in [-0.39, 0.29) is 22.8 Å². The maximum absolute atomic E-state index is 13.4. The molecule has 3 aromatic rings. The number of fused-ring (bicyclic) bond motifs is 1. The minimum Gasteiger partial charge on any atom is -0.379 e. The van der Waals surface area contributed by atoms with E-state index in [1.54, 1.807) is 10.6 Å². The number of benzene rings is 2. The van der Waals surface area contributed by atoms with Crippen molar-refractivity contribution in [3.05, 3.63) is 63.9 Å². The number of rotatable bonds is 7. The van der Waals surface area contributed by atoms with Crippen LogP contribution in [0.2, 0.25) is 0 Å². The van der Waals surface area contributed by atoms with Gasteiger partial charge < -0.3 is 10.1 Å². The average molecular weight is 481 g/mol. The van der Waals surface area contributed by atoms with Crippen molar-refractivity contribution in [1.29, 1.82) is 0 Å². The summed E-state index contributed by atoms with van der Waals surface area (Å²) in [5, 5.41) is 4.13. The lowest BCUT2D eigenvalue weighted by molar-refractivity contribution is -0.119. The quantitative estimate of drug-likeness (QED) is 0.413. The summed E-state index contributed by atoms with van der Waals surface area (Å²) < 4.78 is 7.06. The number of carbonyl (C=O) groups excluding carboxylic acids is 1. The van der Waals surface area contributed by atoms with Crippen LogP contribution in [0.1, 0.15) is 25.0 Å². The Balaban J connectivity index is 1.54. The average Bonchev–Trinajstić information content (AvgIpc) is 2.84. The van der Waals surface area contributed by atoms with Crippen LogP contribution < -0.4 is 10.9 Å². The fourth-order valence-corrected chi connectivity index (χ4v) is 4.92. The number of para-hydroxylation sites is 1. The Morgan fingerprint density at radius 3 is 2.59 bits per heavy atom. The van der Waals surface area contributed by atoms with Gasteiger partial charge in [0.15, 0.2) is 5.16 Å². The lowest BCUT2D eigenvalue weighted by atomic mass is 10.0. The van der Waals surface area contributed by atoms with Crippen LogP contribution in [0.15, 0.2) is 52.4 Å². The van der Waals surface area contributed by atoms with E-state index in [2.05, 4.69) is 24.1 Å². The molecule has 7 nitrogen and oxygen atoms in total. The third-order valence-corrected chi connectivity index (χ3v) is 7.35. The Labute approximate surface area is 204 Å². The number of morpholine rings is 1. The van der Waals surface area contributed by atoms with E-state index in [9.17, 15) is 9.59 Å². The number of amides is 1. The van der Waals surface area contributed by atoms with Crippen LogP contribution in [0.3, 0.4) is 0 Å². The Morgan fingerprint density at radius 2 is 1.85 bits per heavy atom. The van der Waals surface area contributed by atoms with E-state index in [0.717, 1.165) is 43.1 Å². The fourth-order valence-electron chi connectivity index (χ4n) is 4.08. The van der Waals surface area contributed by atoms with Gasteiger partial charge in [0.1, 0.15) is 0 Å². The predicted octanol–water partition coefficient (Wildman–Crippen LogP) is 3.32. The normalized spacial score (nSPS) is 14.9. The zero-order chi connectivity index (χ0) is 24.3. The van der Waals surface area contributed by atoms with Crippen molar-refractivity contribution in [2.45, 2.75) is 38.4 Å². The Kier molecular flexibility index (Phi) is 7.40. The van der Waals surface area contributed by atoms with Crippen LogP contribution in [0, 0.1) is 13.8 Å². The van der Waals surface area contributed by atoms with Crippen LogP contribution in [0.25, 0.3) is 16.6 Å². The summed E-state index contributed by atoms with van der Waals surface area (Å²) in [7, 11) is 0. The molecule has 2 heterocycles. The van der Waals surface area contributed by atoms with E-state index < -0.39 is 0 Å². The lowest BCUT2D eigenvalue weighted by Crippen LogP contribution is -2.55. The van der Waals surface area contributed by atoms with Gasteiger partial charge in [-0.05, 0) is 63.1 Å². The molecule has 4 rings (SSSR count). The number of aryl methyl sites for hydroxylation is 2. The topological polar surface area (TPSA) is 76.5 Å². The molecule has 0 spiro atoms. The summed E-state index contributed by atoms with van der Waals surface area (Å²) in [6.07, 6.45) is 0. The highest BCUT2D eigenvalue weighted by Crippen LogP contribution is 2.23. The van der Waals surface area contributed by atoms with E-state index in [1.165, 1.54) is 11.8 Å². The maximum atomic E-state index is 13.4. The van der Waals surface area contributed by atoms with Crippen molar-refractivity contribution < 1.29 is 9.53 Å². The molecule has 1 fully saturated rings. The number of aromatic nitrogens is 2. The SMILES string of the molecule is Cc1ccc(-n2c(SCC(=O)NCC(C)(C)N3CCOCC3)nc3ccccc3c2=O)cc1C.